The fourth-order valence-electron chi connectivity index (χ4n) is 1.22. The van der Waals surface area contributed by atoms with Gasteiger partial charge in [-0.2, -0.15) is 0 Å². The predicted octanol–water partition coefficient (Wildman–Crippen LogP) is 3.60. The molecule has 1 aromatic carbocycles. The van der Waals surface area contributed by atoms with Gasteiger partial charge in [0.05, 0.1) is 5.02 Å². The molecule has 0 spiro atoms. The van der Waals surface area contributed by atoms with E-state index >= 15 is 0 Å². The molecule has 0 aromatic heterocycles. The van der Waals surface area contributed by atoms with Gasteiger partial charge in [-0.05, 0) is 30.4 Å². The van der Waals surface area contributed by atoms with Crippen LogP contribution in [-0.2, 0) is 5.67 Å². The zero-order valence-corrected chi connectivity index (χ0v) is 10.5. The van der Waals surface area contributed by atoms with Gasteiger partial charge in [-0.3, -0.25) is 0 Å². The lowest BCUT2D eigenvalue weighted by Crippen LogP contribution is -2.26. The van der Waals surface area contributed by atoms with E-state index in [1.807, 2.05) is 13.0 Å². The van der Waals surface area contributed by atoms with Crippen molar-refractivity contribution in [1.82, 2.24) is 0 Å². The molecule has 1 nitrogen and oxygen atoms in total. The van der Waals surface area contributed by atoms with Gasteiger partial charge < -0.3 is 5.73 Å². The van der Waals surface area contributed by atoms with E-state index in [0.717, 1.165) is 10.6 Å². The number of hydrogen-bond acceptors (Lipinski definition) is 2. The molecule has 0 aliphatic rings. The predicted molar refractivity (Wildman–Crippen MR) is 65.4 cm³/mol. The van der Waals surface area contributed by atoms with Crippen molar-refractivity contribution in [2.24, 2.45) is 5.73 Å². The van der Waals surface area contributed by atoms with Gasteiger partial charge in [0.15, 0.2) is 0 Å². The van der Waals surface area contributed by atoms with E-state index in [1.165, 1.54) is 6.92 Å². The number of halogens is 2. The Morgan fingerprint density at radius 2 is 2.20 bits per heavy atom. The van der Waals surface area contributed by atoms with Crippen LogP contribution in [0.2, 0.25) is 5.02 Å². The first-order chi connectivity index (χ1) is 7.01. The summed E-state index contributed by atoms with van der Waals surface area (Å²) in [5.74, 6) is 0.947. The van der Waals surface area contributed by atoms with Crippen molar-refractivity contribution in [3.8, 4) is 0 Å². The van der Waals surface area contributed by atoms with Gasteiger partial charge in [-0.15, -0.1) is 11.8 Å². The Hall–Kier alpha value is -0.250. The first kappa shape index (κ1) is 12.8. The normalized spacial score (nSPS) is 15.0. The lowest BCUT2D eigenvalue weighted by atomic mass is 9.98. The van der Waals surface area contributed by atoms with E-state index in [-0.39, 0.29) is 6.54 Å². The van der Waals surface area contributed by atoms with Crippen molar-refractivity contribution in [3.63, 3.8) is 0 Å². The Bertz CT molecular complexity index is 341. The molecule has 1 unspecified atom stereocenters. The average molecular weight is 248 g/mol. The zero-order chi connectivity index (χ0) is 11.5. The number of hydrogen-bond donors (Lipinski definition) is 1. The average Bonchev–Trinajstić information content (AvgIpc) is 2.21. The van der Waals surface area contributed by atoms with E-state index in [1.54, 1.807) is 23.9 Å². The molecule has 0 saturated heterocycles. The zero-order valence-electron chi connectivity index (χ0n) is 8.89. The fraction of sp³-hybridized carbons (Fsp3) is 0.455. The van der Waals surface area contributed by atoms with E-state index in [2.05, 4.69) is 0 Å². The highest BCUT2D eigenvalue weighted by Gasteiger charge is 2.24. The van der Waals surface area contributed by atoms with Crippen LogP contribution in [0.4, 0.5) is 4.39 Å². The molecule has 0 aliphatic heterocycles. The number of alkyl halides is 1. The SMILES string of the molecule is CCSc1ccc(C(C)(F)CN)cc1Cl. The molecule has 0 amide bonds. The van der Waals surface area contributed by atoms with Crippen molar-refractivity contribution in [2.45, 2.75) is 24.4 Å². The van der Waals surface area contributed by atoms with Gasteiger partial charge in [-0.1, -0.05) is 24.6 Å². The molecule has 1 aromatic rings. The molecule has 1 rings (SSSR count). The van der Waals surface area contributed by atoms with Crippen LogP contribution in [0.25, 0.3) is 0 Å². The summed E-state index contributed by atoms with van der Waals surface area (Å²) in [6.45, 7) is 3.48. The summed E-state index contributed by atoms with van der Waals surface area (Å²) < 4.78 is 13.9. The maximum atomic E-state index is 13.9. The summed E-state index contributed by atoms with van der Waals surface area (Å²) in [5, 5.41) is 0.594. The molecule has 2 N–H and O–H groups in total. The monoisotopic (exact) mass is 247 g/mol. The van der Waals surface area contributed by atoms with Crippen LogP contribution in [0.15, 0.2) is 23.1 Å². The third kappa shape index (κ3) is 3.10. The summed E-state index contributed by atoms with van der Waals surface area (Å²) in [6, 6.07) is 5.25. The van der Waals surface area contributed by atoms with Gasteiger partial charge in [0.25, 0.3) is 0 Å². The first-order valence-electron chi connectivity index (χ1n) is 4.83. The lowest BCUT2D eigenvalue weighted by Gasteiger charge is -2.19. The van der Waals surface area contributed by atoms with Gasteiger partial charge in [0.2, 0.25) is 0 Å². The van der Waals surface area contributed by atoms with Gasteiger partial charge in [0, 0.05) is 11.4 Å². The summed E-state index contributed by atoms with van der Waals surface area (Å²) in [5.41, 5.74) is 4.40. The van der Waals surface area contributed by atoms with Crippen molar-refractivity contribution in [3.05, 3.63) is 28.8 Å². The van der Waals surface area contributed by atoms with E-state index < -0.39 is 5.67 Å². The summed E-state index contributed by atoms with van der Waals surface area (Å²) >= 11 is 7.69. The van der Waals surface area contributed by atoms with Crippen LogP contribution in [0.5, 0.6) is 0 Å². The summed E-state index contributed by atoms with van der Waals surface area (Å²) in [6.07, 6.45) is 0. The highest BCUT2D eigenvalue weighted by Crippen LogP contribution is 2.32. The molecular weight excluding hydrogens is 233 g/mol. The molecule has 0 aliphatic carbocycles. The minimum Gasteiger partial charge on any atom is -0.327 e. The summed E-state index contributed by atoms with van der Waals surface area (Å²) in [4.78, 5) is 0.982. The first-order valence-corrected chi connectivity index (χ1v) is 6.19. The fourth-order valence-corrected chi connectivity index (χ4v) is 2.23. The standard InChI is InChI=1S/C11H15ClFNS/c1-3-15-10-5-4-8(6-9(10)12)11(2,13)7-14/h4-6H,3,7,14H2,1-2H3. The molecule has 0 saturated carbocycles. The van der Waals surface area contributed by atoms with Crippen LogP contribution in [0.1, 0.15) is 19.4 Å². The van der Waals surface area contributed by atoms with Gasteiger partial charge >= 0.3 is 0 Å². The van der Waals surface area contributed by atoms with E-state index in [9.17, 15) is 4.39 Å². The smallest absolute Gasteiger partial charge is 0.145 e. The van der Waals surface area contributed by atoms with Gasteiger partial charge in [0.1, 0.15) is 5.67 Å². The molecular formula is C11H15ClFNS. The topological polar surface area (TPSA) is 26.0 Å². The van der Waals surface area contributed by atoms with E-state index in [0.29, 0.717) is 10.6 Å². The maximum absolute atomic E-state index is 13.9. The van der Waals surface area contributed by atoms with Crippen LogP contribution in [-0.4, -0.2) is 12.3 Å². The second-order valence-electron chi connectivity index (χ2n) is 3.48. The van der Waals surface area contributed by atoms with E-state index in [4.69, 9.17) is 17.3 Å². The molecule has 0 bridgehead atoms. The molecule has 84 valence electrons. The highest BCUT2D eigenvalue weighted by molar-refractivity contribution is 7.99. The van der Waals surface area contributed by atoms with Crippen LogP contribution in [0, 0.1) is 0 Å². The Balaban J connectivity index is 3.01. The Morgan fingerprint density at radius 3 is 2.67 bits per heavy atom. The molecule has 4 heteroatoms. The highest BCUT2D eigenvalue weighted by atomic mass is 35.5. The second-order valence-corrected chi connectivity index (χ2v) is 5.19. The minimum absolute atomic E-state index is 0.0381. The number of nitrogens with two attached hydrogens (primary N) is 1. The molecule has 15 heavy (non-hydrogen) atoms. The lowest BCUT2D eigenvalue weighted by molar-refractivity contribution is 0.203. The Labute approximate surface area is 99.2 Å². The minimum atomic E-state index is -1.50. The molecule has 0 heterocycles. The Kier molecular flexibility index (Phi) is 4.44. The molecule has 1 atom stereocenters. The molecule has 0 fully saturated rings. The third-order valence-corrected chi connectivity index (χ3v) is 3.60. The Morgan fingerprint density at radius 1 is 1.53 bits per heavy atom. The number of thioether (sulfide) groups is 1. The second kappa shape index (κ2) is 5.19. The quantitative estimate of drug-likeness (QED) is 0.823. The van der Waals surface area contributed by atoms with Crippen LogP contribution < -0.4 is 5.73 Å². The van der Waals surface area contributed by atoms with Crippen molar-refractivity contribution >= 4 is 23.4 Å². The van der Waals surface area contributed by atoms with Crippen molar-refractivity contribution < 1.29 is 4.39 Å². The number of rotatable bonds is 4. The number of benzene rings is 1. The van der Waals surface area contributed by atoms with Crippen LogP contribution >= 0.6 is 23.4 Å². The van der Waals surface area contributed by atoms with Crippen LogP contribution in [0.3, 0.4) is 0 Å². The molecule has 0 radical (unpaired) electrons. The third-order valence-electron chi connectivity index (χ3n) is 2.22. The largest absolute Gasteiger partial charge is 0.327 e. The van der Waals surface area contributed by atoms with Crippen molar-refractivity contribution in [1.29, 1.82) is 0 Å². The summed E-state index contributed by atoms with van der Waals surface area (Å²) in [7, 11) is 0. The van der Waals surface area contributed by atoms with Gasteiger partial charge in [-0.25, -0.2) is 4.39 Å². The maximum Gasteiger partial charge on any atom is 0.145 e. The van der Waals surface area contributed by atoms with Crippen molar-refractivity contribution in [2.75, 3.05) is 12.3 Å².